The van der Waals surface area contributed by atoms with Gasteiger partial charge in [-0.05, 0) is 37.8 Å². The van der Waals surface area contributed by atoms with Crippen molar-refractivity contribution in [3.05, 3.63) is 47.9 Å². The smallest absolute Gasteiger partial charge is 0.0699 e. The Balaban J connectivity index is 1.78. The van der Waals surface area contributed by atoms with E-state index in [9.17, 15) is 0 Å². The molecule has 0 aliphatic carbocycles. The van der Waals surface area contributed by atoms with E-state index in [1.807, 2.05) is 6.20 Å². The van der Waals surface area contributed by atoms with Gasteiger partial charge in [0.1, 0.15) is 0 Å². The van der Waals surface area contributed by atoms with Crippen molar-refractivity contribution < 1.29 is 0 Å². The van der Waals surface area contributed by atoms with Crippen LogP contribution in [0.2, 0.25) is 0 Å². The maximum Gasteiger partial charge on any atom is 0.0699 e. The van der Waals surface area contributed by atoms with Gasteiger partial charge in [0, 0.05) is 11.8 Å². The van der Waals surface area contributed by atoms with Gasteiger partial charge in [-0.3, -0.25) is 5.32 Å². The summed E-state index contributed by atoms with van der Waals surface area (Å²) in [5.41, 5.74) is 2.45. The Morgan fingerprint density at radius 2 is 0.462 bits per heavy atom. The fraction of sp³-hybridized carbons (Fsp3) is 0.875. The summed E-state index contributed by atoms with van der Waals surface area (Å²) in [6, 6.07) is 0. The minimum atomic E-state index is 1.15. The van der Waals surface area contributed by atoms with Crippen LogP contribution in [0.5, 0.6) is 0 Å². The molecule has 1 heterocycles. The maximum absolute atomic E-state index is 4.63. The van der Waals surface area contributed by atoms with Gasteiger partial charge in [0.2, 0.25) is 0 Å². The lowest BCUT2D eigenvalue weighted by molar-refractivity contribution is 0.515. The molecular weight excluding hydrogens is 783 g/mol. The van der Waals surface area contributed by atoms with Gasteiger partial charge in [-0.1, -0.05) is 353 Å². The number of hydrogen-bond acceptors (Lipinski definition) is 0. The van der Waals surface area contributed by atoms with Crippen LogP contribution in [-0.4, -0.2) is 0 Å². The molecule has 1 rings (SSSR count). The van der Waals surface area contributed by atoms with E-state index in [1.54, 1.807) is 0 Å². The summed E-state index contributed by atoms with van der Waals surface area (Å²) in [4.78, 5) is 0. The summed E-state index contributed by atoms with van der Waals surface area (Å²) in [6.45, 7) is 4.62. The Bertz CT molecular complexity index is 1010. The fourth-order valence-electron chi connectivity index (χ4n) is 10.2. The Labute approximate surface area is 412 Å². The average molecular weight is 904 g/mol. The van der Waals surface area contributed by atoms with Crippen molar-refractivity contribution in [3.63, 3.8) is 0 Å². The van der Waals surface area contributed by atoms with Gasteiger partial charge >= 0.3 is 0 Å². The van der Waals surface area contributed by atoms with Gasteiger partial charge < -0.3 is 0 Å². The third-order valence-electron chi connectivity index (χ3n) is 14.8. The molecule has 1 nitrogen and oxygen atoms in total. The minimum absolute atomic E-state index is 1.15. The first kappa shape index (κ1) is 61.8. The Morgan fingerprint density at radius 3 is 0.692 bits per heavy atom. The molecule has 0 saturated heterocycles. The van der Waals surface area contributed by atoms with Crippen molar-refractivity contribution >= 4 is 0 Å². The van der Waals surface area contributed by atoms with Gasteiger partial charge in [-0.25, -0.2) is 0 Å². The van der Waals surface area contributed by atoms with Crippen molar-refractivity contribution in [1.82, 2.24) is 5.32 Å². The fourth-order valence-corrected chi connectivity index (χ4v) is 10.2. The van der Waals surface area contributed by atoms with E-state index in [4.69, 9.17) is 0 Å². The second-order valence-electron chi connectivity index (χ2n) is 21.3. The van der Waals surface area contributed by atoms with Crippen LogP contribution in [0.25, 0.3) is 0 Å². The van der Waals surface area contributed by atoms with Gasteiger partial charge in [-0.15, -0.1) is 0 Å². The second kappa shape index (κ2) is 55.4. The maximum atomic E-state index is 4.63. The van der Waals surface area contributed by atoms with Crippen LogP contribution < -0.4 is 5.32 Å². The molecule has 0 aromatic carbocycles. The standard InChI is InChI=1S/C64H120N/c1-3-5-7-9-11-13-15-17-19-21-23-25-27-29-31-33-35-37-39-41-43-45-47-49-51-53-55-57-59-63-61-62-65-64(63)60-58-56-54-52-50-48-46-44-42-40-38-36-34-32-30-28-26-24-22-20-18-16-14-12-10-8-6-4-2/h57-62H,3-56H2,1-2H3/b59-57+,60-58+. The predicted octanol–water partition coefficient (Wildman–Crippen LogP) is 23.6. The summed E-state index contributed by atoms with van der Waals surface area (Å²) >= 11 is 0. The summed E-state index contributed by atoms with van der Waals surface area (Å²) in [7, 11) is 0. The minimum Gasteiger partial charge on any atom is -0.256 e. The Morgan fingerprint density at radius 1 is 0.262 bits per heavy atom. The molecule has 0 N–H and O–H groups in total. The van der Waals surface area contributed by atoms with Crippen LogP contribution in [0.1, 0.15) is 361 Å². The Hall–Kier alpha value is -1.24. The first-order valence-electron chi connectivity index (χ1n) is 30.8. The number of hydrogen-bond donors (Lipinski definition) is 0. The van der Waals surface area contributed by atoms with E-state index in [1.165, 1.54) is 352 Å². The highest BCUT2D eigenvalue weighted by molar-refractivity contribution is 5.44. The topological polar surface area (TPSA) is 14.1 Å². The summed E-state index contributed by atoms with van der Waals surface area (Å²) in [5, 5.41) is 4.63. The van der Waals surface area contributed by atoms with Gasteiger partial charge in [0.15, 0.2) is 0 Å². The molecule has 1 heteroatoms. The van der Waals surface area contributed by atoms with Crippen molar-refractivity contribution in [2.75, 3.05) is 0 Å². The SMILES string of the molecule is CCCCCCCCCCCCCCCCCCCCCCCCCCCC/C=C/C1=C(/C=C/CCCCCCCCCCCCCCCCCCCCCCCCCCCC)[N]C=C1. The highest BCUT2D eigenvalue weighted by atomic mass is 14.9. The molecule has 1 aliphatic rings. The van der Waals surface area contributed by atoms with Crippen molar-refractivity contribution in [2.45, 2.75) is 361 Å². The van der Waals surface area contributed by atoms with Crippen molar-refractivity contribution in [1.29, 1.82) is 0 Å². The largest absolute Gasteiger partial charge is 0.256 e. The molecule has 0 fully saturated rings. The van der Waals surface area contributed by atoms with E-state index in [0.717, 1.165) is 5.70 Å². The lowest BCUT2D eigenvalue weighted by Gasteiger charge is -2.04. The normalized spacial score (nSPS) is 12.9. The van der Waals surface area contributed by atoms with Crippen LogP contribution in [0.3, 0.4) is 0 Å². The van der Waals surface area contributed by atoms with Crippen molar-refractivity contribution in [2.24, 2.45) is 0 Å². The highest BCUT2D eigenvalue weighted by Crippen LogP contribution is 2.20. The van der Waals surface area contributed by atoms with Crippen LogP contribution in [-0.2, 0) is 0 Å². The number of rotatable bonds is 56. The molecule has 0 aromatic rings. The zero-order valence-corrected chi connectivity index (χ0v) is 45.1. The van der Waals surface area contributed by atoms with E-state index in [-0.39, 0.29) is 0 Å². The molecule has 1 radical (unpaired) electrons. The molecule has 0 bridgehead atoms. The molecule has 0 saturated carbocycles. The summed E-state index contributed by atoms with van der Waals surface area (Å²) < 4.78 is 0. The molecule has 0 atom stereocenters. The lowest BCUT2D eigenvalue weighted by atomic mass is 10.0. The number of nitrogens with zero attached hydrogens (tertiary/aromatic N) is 1. The second-order valence-corrected chi connectivity index (χ2v) is 21.3. The quantitative estimate of drug-likeness (QED) is 0.0540. The third-order valence-corrected chi connectivity index (χ3v) is 14.8. The van der Waals surface area contributed by atoms with Crippen LogP contribution in [0, 0.1) is 0 Å². The lowest BCUT2D eigenvalue weighted by Crippen LogP contribution is -1.89. The first-order chi connectivity index (χ1) is 32.4. The monoisotopic (exact) mass is 903 g/mol. The molecule has 0 spiro atoms. The van der Waals surface area contributed by atoms with Gasteiger partial charge in [0.25, 0.3) is 0 Å². The zero-order valence-electron chi connectivity index (χ0n) is 45.1. The molecule has 65 heavy (non-hydrogen) atoms. The van der Waals surface area contributed by atoms with Crippen LogP contribution in [0.15, 0.2) is 47.9 Å². The van der Waals surface area contributed by atoms with E-state index in [0.29, 0.717) is 0 Å². The number of allylic oxidation sites excluding steroid dienone is 6. The molecule has 0 aromatic heterocycles. The van der Waals surface area contributed by atoms with Crippen LogP contribution >= 0.6 is 0 Å². The van der Waals surface area contributed by atoms with E-state index in [2.05, 4.69) is 49.5 Å². The zero-order chi connectivity index (χ0) is 46.3. The highest BCUT2D eigenvalue weighted by Gasteiger charge is 2.05. The number of unbranched alkanes of at least 4 members (excludes halogenated alkanes) is 52. The molecule has 0 unspecified atom stereocenters. The first-order valence-corrected chi connectivity index (χ1v) is 30.8. The predicted molar refractivity (Wildman–Crippen MR) is 297 cm³/mol. The molecule has 1 aliphatic heterocycles. The Kier molecular flexibility index (Phi) is 52.6. The van der Waals surface area contributed by atoms with Crippen molar-refractivity contribution in [3.8, 4) is 0 Å². The van der Waals surface area contributed by atoms with Crippen LogP contribution in [0.4, 0.5) is 0 Å². The molecule has 381 valence electrons. The summed E-state index contributed by atoms with van der Waals surface area (Å²) in [6.07, 6.45) is 91.6. The average Bonchev–Trinajstić information content (AvgIpc) is 3.77. The third kappa shape index (κ3) is 49.0. The molecular formula is C64H120N. The van der Waals surface area contributed by atoms with E-state index >= 15 is 0 Å². The van der Waals surface area contributed by atoms with Gasteiger partial charge in [-0.2, -0.15) is 0 Å². The molecule has 0 amide bonds. The summed E-state index contributed by atoms with van der Waals surface area (Å²) in [5.74, 6) is 0. The van der Waals surface area contributed by atoms with E-state index < -0.39 is 0 Å². The van der Waals surface area contributed by atoms with Gasteiger partial charge in [0.05, 0.1) is 5.70 Å².